The molecule has 0 aliphatic carbocycles. The largest absolute Gasteiger partial charge is 0.377 e. The van der Waals surface area contributed by atoms with Crippen molar-refractivity contribution >= 4 is 12.0 Å². The fourth-order valence-electron chi connectivity index (χ4n) is 1.21. The Morgan fingerprint density at radius 1 is 1.07 bits per heavy atom. The second kappa shape index (κ2) is 8.77. The smallest absolute Gasteiger partial charge is 0.0716 e. The number of ether oxygens (including phenoxy) is 1. The van der Waals surface area contributed by atoms with Crippen LogP contribution in [-0.2, 0) is 15.5 Å². The van der Waals surface area contributed by atoms with E-state index in [1.165, 1.54) is 17.6 Å². The van der Waals surface area contributed by atoms with E-state index in [1.54, 1.807) is 0 Å². The first-order chi connectivity index (χ1) is 7.43. The van der Waals surface area contributed by atoms with Crippen molar-refractivity contribution in [2.75, 3.05) is 19.5 Å². The number of rotatable bonds is 8. The topological polar surface area (TPSA) is 18.5 Å². The molecule has 1 aromatic rings. The normalized spacial score (nSPS) is 10.5. The summed E-state index contributed by atoms with van der Waals surface area (Å²) in [5.74, 6) is 0. The first kappa shape index (κ1) is 12.6. The van der Waals surface area contributed by atoms with Gasteiger partial charge in [0.05, 0.1) is 13.2 Å². The molecule has 1 rings (SSSR count). The second-order valence-electron chi connectivity index (χ2n) is 3.23. The zero-order chi connectivity index (χ0) is 10.8. The van der Waals surface area contributed by atoms with Crippen LogP contribution in [0.15, 0.2) is 30.3 Å². The summed E-state index contributed by atoms with van der Waals surface area (Å²) < 4.78 is 10.7. The van der Waals surface area contributed by atoms with Crippen LogP contribution < -0.4 is 0 Å². The van der Waals surface area contributed by atoms with Gasteiger partial charge in [0.15, 0.2) is 0 Å². The molecule has 1 aromatic carbocycles. The summed E-state index contributed by atoms with van der Waals surface area (Å²) in [4.78, 5) is 0. The minimum atomic E-state index is 0.713. The van der Waals surface area contributed by atoms with Crippen LogP contribution in [0.3, 0.4) is 0 Å². The highest BCUT2D eigenvalue weighted by Crippen LogP contribution is 2.02. The molecule has 0 aliphatic rings. The van der Waals surface area contributed by atoms with E-state index in [-0.39, 0.29) is 0 Å². The van der Waals surface area contributed by atoms with Crippen LogP contribution in [0.25, 0.3) is 0 Å². The van der Waals surface area contributed by atoms with Crippen molar-refractivity contribution in [1.82, 2.24) is 0 Å². The Morgan fingerprint density at radius 2 is 1.80 bits per heavy atom. The van der Waals surface area contributed by atoms with Crippen molar-refractivity contribution in [2.45, 2.75) is 19.4 Å². The van der Waals surface area contributed by atoms with Crippen molar-refractivity contribution in [3.05, 3.63) is 35.9 Å². The second-order valence-corrected chi connectivity index (χ2v) is 3.80. The van der Waals surface area contributed by atoms with Crippen molar-refractivity contribution in [2.24, 2.45) is 0 Å². The maximum atomic E-state index is 5.54. The Morgan fingerprint density at radius 3 is 2.53 bits per heavy atom. The van der Waals surface area contributed by atoms with Gasteiger partial charge in [-0.2, -0.15) is 0 Å². The van der Waals surface area contributed by atoms with E-state index in [9.17, 15) is 0 Å². The maximum Gasteiger partial charge on any atom is 0.0716 e. The molecular weight excluding hydrogens is 208 g/mol. The van der Waals surface area contributed by atoms with Crippen LogP contribution in [0.4, 0.5) is 0 Å². The van der Waals surface area contributed by atoms with Gasteiger partial charge >= 0.3 is 0 Å². The first-order valence-corrected chi connectivity index (χ1v) is 6.36. The average molecular weight is 226 g/mol. The van der Waals surface area contributed by atoms with Gasteiger partial charge in [-0.25, -0.2) is 0 Å². The molecule has 0 fully saturated rings. The van der Waals surface area contributed by atoms with E-state index in [2.05, 4.69) is 12.1 Å². The zero-order valence-corrected chi connectivity index (χ0v) is 9.96. The Kier molecular flexibility index (Phi) is 7.34. The zero-order valence-electron chi connectivity index (χ0n) is 9.15. The summed E-state index contributed by atoms with van der Waals surface area (Å²) in [5.41, 5.74) is 1.23. The molecule has 3 heteroatoms. The molecule has 0 heterocycles. The molecule has 15 heavy (non-hydrogen) atoms. The molecule has 0 aromatic heterocycles. The Hall–Kier alpha value is -0.510. The third kappa shape index (κ3) is 6.55. The summed E-state index contributed by atoms with van der Waals surface area (Å²) in [6.45, 7) is 2.34. The summed E-state index contributed by atoms with van der Waals surface area (Å²) in [7, 11) is 0. The highest BCUT2D eigenvalue weighted by atomic mass is 32.2. The van der Waals surface area contributed by atoms with Crippen molar-refractivity contribution in [1.29, 1.82) is 0 Å². The van der Waals surface area contributed by atoms with Gasteiger partial charge in [0.2, 0.25) is 0 Å². The summed E-state index contributed by atoms with van der Waals surface area (Å²) in [5, 5.41) is 0. The monoisotopic (exact) mass is 226 g/mol. The molecule has 0 bridgehead atoms. The van der Waals surface area contributed by atoms with E-state index >= 15 is 0 Å². The quantitative estimate of drug-likeness (QED) is 0.500. The van der Waals surface area contributed by atoms with Gasteiger partial charge in [-0.05, 0) is 30.4 Å². The van der Waals surface area contributed by atoms with Crippen LogP contribution >= 0.6 is 12.0 Å². The van der Waals surface area contributed by atoms with Gasteiger partial charge in [-0.3, -0.25) is 0 Å². The standard InChI is InChI=1S/C12H18O2S/c1-15-14-10-6-5-9-13-11-12-7-3-2-4-8-12/h2-4,7-8H,5-6,9-11H2,1H3. The van der Waals surface area contributed by atoms with Crippen LogP contribution in [0.2, 0.25) is 0 Å². The third-order valence-electron chi connectivity index (χ3n) is 2.00. The van der Waals surface area contributed by atoms with Crippen molar-refractivity contribution in [3.8, 4) is 0 Å². The van der Waals surface area contributed by atoms with Gasteiger partial charge in [0.1, 0.15) is 0 Å². The highest BCUT2D eigenvalue weighted by Gasteiger charge is 1.92. The Bertz CT molecular complexity index is 239. The minimum absolute atomic E-state index is 0.713. The molecule has 84 valence electrons. The predicted molar refractivity (Wildman–Crippen MR) is 64.8 cm³/mol. The molecule has 0 aliphatic heterocycles. The summed E-state index contributed by atoms with van der Waals surface area (Å²) in [6, 6.07) is 10.2. The molecule has 0 saturated carbocycles. The molecule has 0 saturated heterocycles. The van der Waals surface area contributed by atoms with Gasteiger partial charge in [0, 0.05) is 12.9 Å². The molecule has 2 nitrogen and oxygen atoms in total. The number of unbranched alkanes of at least 4 members (excludes halogenated alkanes) is 1. The van der Waals surface area contributed by atoms with Crippen molar-refractivity contribution in [3.63, 3.8) is 0 Å². The molecule has 0 spiro atoms. The van der Waals surface area contributed by atoms with Gasteiger partial charge in [0.25, 0.3) is 0 Å². The average Bonchev–Trinajstić information content (AvgIpc) is 2.29. The molecule has 0 N–H and O–H groups in total. The fraction of sp³-hybridized carbons (Fsp3) is 0.500. The van der Waals surface area contributed by atoms with E-state index < -0.39 is 0 Å². The lowest BCUT2D eigenvalue weighted by molar-refractivity contribution is 0.114. The highest BCUT2D eigenvalue weighted by molar-refractivity contribution is 7.93. The van der Waals surface area contributed by atoms with E-state index in [0.717, 1.165) is 26.1 Å². The van der Waals surface area contributed by atoms with Crippen LogP contribution in [0, 0.1) is 0 Å². The molecule has 0 atom stereocenters. The minimum Gasteiger partial charge on any atom is -0.377 e. The lowest BCUT2D eigenvalue weighted by Gasteiger charge is -2.04. The fourth-order valence-corrected chi connectivity index (χ4v) is 1.50. The molecule has 0 unspecified atom stereocenters. The predicted octanol–water partition coefficient (Wildman–Crippen LogP) is 3.28. The van der Waals surface area contributed by atoms with Crippen LogP contribution in [0.1, 0.15) is 18.4 Å². The van der Waals surface area contributed by atoms with E-state index in [1.807, 2.05) is 24.5 Å². The third-order valence-corrected chi connectivity index (χ3v) is 2.40. The Balaban J connectivity index is 1.93. The summed E-state index contributed by atoms with van der Waals surface area (Å²) in [6.07, 6.45) is 4.06. The van der Waals surface area contributed by atoms with Gasteiger partial charge in [-0.1, -0.05) is 30.3 Å². The van der Waals surface area contributed by atoms with Crippen molar-refractivity contribution < 1.29 is 8.92 Å². The van der Waals surface area contributed by atoms with Crippen LogP contribution in [0.5, 0.6) is 0 Å². The summed E-state index contributed by atoms with van der Waals surface area (Å²) >= 11 is 1.42. The number of benzene rings is 1. The number of hydrogen-bond donors (Lipinski definition) is 0. The van der Waals surface area contributed by atoms with Gasteiger partial charge < -0.3 is 8.92 Å². The SMILES string of the molecule is CSOCCCCOCc1ccccc1. The lowest BCUT2D eigenvalue weighted by Crippen LogP contribution is -1.97. The molecule has 0 radical (unpaired) electrons. The molecular formula is C12H18O2S. The van der Waals surface area contributed by atoms with Crippen LogP contribution in [-0.4, -0.2) is 19.5 Å². The van der Waals surface area contributed by atoms with E-state index in [4.69, 9.17) is 8.92 Å². The van der Waals surface area contributed by atoms with Gasteiger partial charge in [-0.15, -0.1) is 0 Å². The lowest BCUT2D eigenvalue weighted by atomic mass is 10.2. The number of hydrogen-bond acceptors (Lipinski definition) is 3. The first-order valence-electron chi connectivity index (χ1n) is 5.21. The Labute approximate surface area is 96.2 Å². The van der Waals surface area contributed by atoms with E-state index in [0.29, 0.717) is 6.61 Å². The maximum absolute atomic E-state index is 5.54. The molecule has 0 amide bonds.